The quantitative estimate of drug-likeness (QED) is 0.581. The number of Topliss-reactive ketones (excluding diaryl/α,β-unsaturated/α-hetero) is 1. The monoisotopic (exact) mass is 479 g/mol. The van der Waals surface area contributed by atoms with Crippen molar-refractivity contribution in [3.8, 4) is 11.3 Å². The topological polar surface area (TPSA) is 116 Å². The first-order valence-corrected chi connectivity index (χ1v) is 11.3. The summed E-state index contributed by atoms with van der Waals surface area (Å²) in [7, 11) is 0. The summed E-state index contributed by atoms with van der Waals surface area (Å²) in [5, 5.41) is 0.577. The first kappa shape index (κ1) is 22.3. The average molecular weight is 480 g/mol. The molecular weight excluding hydrogens is 458 g/mol. The van der Waals surface area contributed by atoms with Gasteiger partial charge >= 0.3 is 0 Å². The summed E-state index contributed by atoms with van der Waals surface area (Å²) in [5.74, 6) is -1.27. The Kier molecular flexibility index (Phi) is 5.93. The van der Waals surface area contributed by atoms with Gasteiger partial charge in [0.2, 0.25) is 11.8 Å². The van der Waals surface area contributed by atoms with Crippen LogP contribution in [-0.4, -0.2) is 52.8 Å². The molecule has 2 amide bonds. The highest BCUT2D eigenvalue weighted by atomic mass is 35.5. The van der Waals surface area contributed by atoms with Gasteiger partial charge in [-0.2, -0.15) is 0 Å². The maximum absolute atomic E-state index is 14.0. The SMILES string of the molecule is NC(=O)c1ccc(-c2cnco2)cc1C(Cc1ccc(Cl)cc1)C(=O)N1CCC2OCC(=O)C21. The molecule has 5 rings (SSSR count). The summed E-state index contributed by atoms with van der Waals surface area (Å²) < 4.78 is 11.0. The van der Waals surface area contributed by atoms with Gasteiger partial charge < -0.3 is 19.8 Å². The summed E-state index contributed by atoms with van der Waals surface area (Å²) in [5.41, 5.74) is 7.92. The first-order chi connectivity index (χ1) is 16.4. The number of oxazole rings is 1. The van der Waals surface area contributed by atoms with Gasteiger partial charge in [-0.3, -0.25) is 14.4 Å². The lowest BCUT2D eigenvalue weighted by Crippen LogP contribution is -2.44. The van der Waals surface area contributed by atoms with Gasteiger partial charge in [0.25, 0.3) is 0 Å². The van der Waals surface area contributed by atoms with E-state index in [-0.39, 0.29) is 30.0 Å². The third-order valence-corrected chi connectivity index (χ3v) is 6.71. The Hall–Kier alpha value is -3.49. The summed E-state index contributed by atoms with van der Waals surface area (Å²) in [6.45, 7) is 0.416. The molecule has 8 nitrogen and oxygen atoms in total. The van der Waals surface area contributed by atoms with Gasteiger partial charge in [0.05, 0.1) is 18.2 Å². The van der Waals surface area contributed by atoms with E-state index in [4.69, 9.17) is 26.5 Å². The summed E-state index contributed by atoms with van der Waals surface area (Å²) in [6, 6.07) is 11.6. The number of ether oxygens (including phenoxy) is 1. The van der Waals surface area contributed by atoms with Crippen molar-refractivity contribution >= 4 is 29.2 Å². The number of primary amides is 1. The van der Waals surface area contributed by atoms with E-state index >= 15 is 0 Å². The third kappa shape index (κ3) is 4.10. The molecule has 2 fully saturated rings. The Balaban J connectivity index is 1.60. The molecule has 0 spiro atoms. The zero-order valence-electron chi connectivity index (χ0n) is 18.1. The van der Waals surface area contributed by atoms with Crippen molar-refractivity contribution in [2.24, 2.45) is 5.73 Å². The minimum Gasteiger partial charge on any atom is -0.444 e. The number of hydrogen-bond acceptors (Lipinski definition) is 6. The number of benzene rings is 2. The summed E-state index contributed by atoms with van der Waals surface area (Å²) >= 11 is 6.05. The Labute approximate surface area is 200 Å². The van der Waals surface area contributed by atoms with Crippen LogP contribution in [0.1, 0.15) is 33.8 Å². The standard InChI is InChI=1S/C25H22ClN3O5/c26-16-4-1-14(2-5-16)9-19(25(32)29-8-7-21-23(29)20(30)12-33-21)18-10-15(22-11-28-13-34-22)3-6-17(18)24(27)31/h1-6,10-11,13,19,21,23H,7-9,12H2,(H2,27,31). The number of ketones is 1. The highest BCUT2D eigenvalue weighted by molar-refractivity contribution is 6.30. The maximum Gasteiger partial charge on any atom is 0.249 e. The molecule has 2 aromatic carbocycles. The van der Waals surface area contributed by atoms with Crippen molar-refractivity contribution in [1.29, 1.82) is 0 Å². The summed E-state index contributed by atoms with van der Waals surface area (Å²) in [6.07, 6.45) is 3.46. The Morgan fingerprint density at radius 1 is 1.21 bits per heavy atom. The molecule has 3 atom stereocenters. The molecule has 2 saturated heterocycles. The minimum absolute atomic E-state index is 0.00841. The van der Waals surface area contributed by atoms with Crippen molar-refractivity contribution in [3.05, 3.63) is 76.8 Å². The molecule has 3 aromatic rings. The molecule has 1 aromatic heterocycles. The number of aromatic nitrogens is 1. The molecular formula is C25H22ClN3O5. The fourth-order valence-corrected chi connectivity index (χ4v) is 4.94. The molecule has 2 aliphatic heterocycles. The number of halogens is 1. The molecule has 9 heteroatoms. The average Bonchev–Trinajstić information content (AvgIpc) is 3.58. The van der Waals surface area contributed by atoms with Crippen LogP contribution in [0.5, 0.6) is 0 Å². The third-order valence-electron chi connectivity index (χ3n) is 6.46. The second kappa shape index (κ2) is 9.04. The van der Waals surface area contributed by atoms with Crippen LogP contribution in [0.25, 0.3) is 11.3 Å². The zero-order chi connectivity index (χ0) is 23.8. The molecule has 0 bridgehead atoms. The van der Waals surface area contributed by atoms with Crippen molar-refractivity contribution in [3.63, 3.8) is 0 Å². The van der Waals surface area contributed by atoms with E-state index in [0.717, 1.165) is 5.56 Å². The molecule has 2 aliphatic rings. The molecule has 3 unspecified atom stereocenters. The molecule has 34 heavy (non-hydrogen) atoms. The number of fused-ring (bicyclic) bond motifs is 1. The van der Waals surface area contributed by atoms with E-state index in [2.05, 4.69) is 4.98 Å². The van der Waals surface area contributed by atoms with Gasteiger partial charge in [0.1, 0.15) is 12.6 Å². The van der Waals surface area contributed by atoms with E-state index in [1.807, 2.05) is 12.1 Å². The predicted molar refractivity (Wildman–Crippen MR) is 123 cm³/mol. The normalized spacial score (nSPS) is 20.4. The summed E-state index contributed by atoms with van der Waals surface area (Å²) in [4.78, 5) is 44.4. The van der Waals surface area contributed by atoms with Gasteiger partial charge in [-0.15, -0.1) is 0 Å². The number of nitrogens with zero attached hydrogens (tertiary/aromatic N) is 2. The lowest BCUT2D eigenvalue weighted by molar-refractivity contribution is -0.137. The lowest BCUT2D eigenvalue weighted by Gasteiger charge is -2.28. The molecule has 0 aliphatic carbocycles. The van der Waals surface area contributed by atoms with Crippen LogP contribution in [0.4, 0.5) is 0 Å². The van der Waals surface area contributed by atoms with Gasteiger partial charge in [0.15, 0.2) is 17.9 Å². The van der Waals surface area contributed by atoms with Crippen LogP contribution in [-0.2, 0) is 20.7 Å². The number of hydrogen-bond donors (Lipinski definition) is 1. The number of nitrogens with two attached hydrogens (primary N) is 1. The number of rotatable bonds is 6. The minimum atomic E-state index is -0.765. The maximum atomic E-state index is 14.0. The van der Waals surface area contributed by atoms with Crippen LogP contribution in [0.2, 0.25) is 5.02 Å². The van der Waals surface area contributed by atoms with Gasteiger partial charge in [0, 0.05) is 22.7 Å². The highest BCUT2D eigenvalue weighted by Gasteiger charge is 2.48. The largest absolute Gasteiger partial charge is 0.444 e. The first-order valence-electron chi connectivity index (χ1n) is 10.9. The van der Waals surface area contributed by atoms with E-state index < -0.39 is 17.9 Å². The second-order valence-electron chi connectivity index (χ2n) is 8.50. The van der Waals surface area contributed by atoms with E-state index in [1.165, 1.54) is 6.39 Å². The van der Waals surface area contributed by atoms with Crippen LogP contribution in [0.3, 0.4) is 0 Å². The fourth-order valence-electron chi connectivity index (χ4n) is 4.82. The molecule has 3 heterocycles. The molecule has 0 saturated carbocycles. The van der Waals surface area contributed by atoms with E-state index in [0.29, 0.717) is 41.3 Å². The van der Waals surface area contributed by atoms with Crippen LogP contribution < -0.4 is 5.73 Å². The van der Waals surface area contributed by atoms with Crippen LogP contribution >= 0.6 is 11.6 Å². The number of carbonyl (C=O) groups excluding carboxylic acids is 3. The Bertz CT molecular complexity index is 1240. The highest BCUT2D eigenvalue weighted by Crippen LogP contribution is 2.35. The van der Waals surface area contributed by atoms with Gasteiger partial charge in [-0.05, 0) is 48.2 Å². The van der Waals surface area contributed by atoms with Crippen molar-refractivity contribution in [2.45, 2.75) is 30.9 Å². The number of carbonyl (C=O) groups is 3. The zero-order valence-corrected chi connectivity index (χ0v) is 18.9. The lowest BCUT2D eigenvalue weighted by atomic mass is 9.85. The smallest absolute Gasteiger partial charge is 0.249 e. The van der Waals surface area contributed by atoms with Gasteiger partial charge in [-0.25, -0.2) is 4.98 Å². The molecule has 2 N–H and O–H groups in total. The van der Waals surface area contributed by atoms with Gasteiger partial charge in [-0.1, -0.05) is 29.8 Å². The Morgan fingerprint density at radius 2 is 2.00 bits per heavy atom. The van der Waals surface area contributed by atoms with Crippen molar-refractivity contribution in [1.82, 2.24) is 9.88 Å². The Morgan fingerprint density at radius 3 is 2.71 bits per heavy atom. The van der Waals surface area contributed by atoms with Crippen molar-refractivity contribution < 1.29 is 23.5 Å². The van der Waals surface area contributed by atoms with Crippen LogP contribution in [0.15, 0.2) is 59.5 Å². The van der Waals surface area contributed by atoms with E-state index in [9.17, 15) is 14.4 Å². The van der Waals surface area contributed by atoms with E-state index in [1.54, 1.807) is 41.4 Å². The van der Waals surface area contributed by atoms with Crippen molar-refractivity contribution in [2.75, 3.05) is 13.2 Å². The molecule has 174 valence electrons. The van der Waals surface area contributed by atoms with Crippen LogP contribution in [0, 0.1) is 0 Å². The molecule has 0 radical (unpaired) electrons. The number of likely N-dealkylation sites (tertiary alicyclic amines) is 1. The predicted octanol–water partition coefficient (Wildman–Crippen LogP) is 2.99. The fraction of sp³-hybridized carbons (Fsp3) is 0.280. The number of amides is 2. The second-order valence-corrected chi connectivity index (χ2v) is 8.93.